The number of aliphatic hydroxyl groups excluding tert-OH is 1. The number of anilines is 1. The summed E-state index contributed by atoms with van der Waals surface area (Å²) in [5.41, 5.74) is 4.29. The minimum absolute atomic E-state index is 0.0428. The van der Waals surface area contributed by atoms with Gasteiger partial charge in [-0.2, -0.15) is 0 Å². The van der Waals surface area contributed by atoms with Crippen molar-refractivity contribution < 1.29 is 19.5 Å². The Morgan fingerprint density at radius 2 is 1.64 bits per heavy atom. The first-order valence-electron chi connectivity index (χ1n) is 14.3. The van der Waals surface area contributed by atoms with Crippen LogP contribution >= 0.6 is 27.7 Å². The van der Waals surface area contributed by atoms with E-state index >= 15 is 0 Å². The van der Waals surface area contributed by atoms with Gasteiger partial charge < -0.3 is 20.6 Å². The Balaban J connectivity index is 1.40. The molecule has 7 nitrogen and oxygen atoms in total. The van der Waals surface area contributed by atoms with Gasteiger partial charge in [-0.05, 0) is 42.5 Å². The van der Waals surface area contributed by atoms with Crippen molar-refractivity contribution in [3.05, 3.63) is 101 Å². The highest BCUT2D eigenvalue weighted by Gasteiger charge is 2.76. The maximum Gasteiger partial charge on any atom is 0.248 e. The molecule has 0 saturated carbocycles. The second kappa shape index (κ2) is 11.5. The smallest absolute Gasteiger partial charge is 0.248 e. The molecule has 3 aliphatic rings. The number of nitrogens with one attached hydrogen (secondary N) is 2. The molecule has 3 amide bonds. The number of alkyl halides is 1. The Morgan fingerprint density at radius 1 is 1.00 bits per heavy atom. The quantitative estimate of drug-likeness (QED) is 0.306. The molecule has 9 heteroatoms. The summed E-state index contributed by atoms with van der Waals surface area (Å²) in [5.74, 6) is -2.04. The van der Waals surface area contributed by atoms with Crippen LogP contribution in [0.15, 0.2) is 78.9 Å². The van der Waals surface area contributed by atoms with Gasteiger partial charge in [0.2, 0.25) is 17.7 Å². The first kappa shape index (κ1) is 29.0. The summed E-state index contributed by atoms with van der Waals surface area (Å²) in [5, 5.41) is 16.8. The summed E-state index contributed by atoms with van der Waals surface area (Å²) in [6.07, 6.45) is 0.565. The van der Waals surface area contributed by atoms with Crippen LogP contribution in [0, 0.1) is 25.7 Å². The molecule has 2 bridgehead atoms. The first-order chi connectivity index (χ1) is 20.3. The molecule has 3 saturated heterocycles. The van der Waals surface area contributed by atoms with E-state index in [0.29, 0.717) is 13.0 Å². The molecule has 3 fully saturated rings. The van der Waals surface area contributed by atoms with Gasteiger partial charge in [0.25, 0.3) is 0 Å². The number of aryl methyl sites for hydroxylation is 2. The van der Waals surface area contributed by atoms with Gasteiger partial charge in [-0.25, -0.2) is 0 Å². The van der Waals surface area contributed by atoms with Crippen molar-refractivity contribution in [1.29, 1.82) is 0 Å². The Morgan fingerprint density at radius 3 is 2.29 bits per heavy atom. The van der Waals surface area contributed by atoms with Gasteiger partial charge in [0.05, 0.1) is 29.2 Å². The van der Waals surface area contributed by atoms with Crippen molar-refractivity contribution in [2.45, 2.75) is 53.7 Å². The lowest BCUT2D eigenvalue weighted by atomic mass is 9.70. The van der Waals surface area contributed by atoms with E-state index in [9.17, 15) is 19.5 Å². The number of hydrogen-bond donors (Lipinski definition) is 3. The standard InChI is InChI=1S/C33H34BrN3O4S/c1-19-10-9-11-20(2)27(19)36-31(40)29-33-16-23(34)28(42-33)25(30(39)35-17-21-12-5-3-6-13-21)26(33)32(41)37(29)24(18-38)22-14-7-4-8-15-22/h3-15,23-26,28-29,38H,16-18H2,1-2H3,(H,35,39)(H,36,40)/t23?,24-,25-,26+,28-,29?,33?/m1/s1. The molecule has 6 rings (SSSR count). The van der Waals surface area contributed by atoms with Crippen LogP contribution in [0.5, 0.6) is 0 Å². The van der Waals surface area contributed by atoms with Gasteiger partial charge in [-0.15, -0.1) is 11.8 Å². The number of likely N-dealkylation sites (tertiary alicyclic amines) is 1. The SMILES string of the molecule is Cc1cccc(C)c1NC(=O)C1N([C@H](CO)c2ccccc2)C(=O)[C@@H]2[C@@H](C(=O)NCc3ccccc3)[C@@H]3SC12CC3Br. The van der Waals surface area contributed by atoms with Crippen molar-refractivity contribution in [2.75, 3.05) is 11.9 Å². The van der Waals surface area contributed by atoms with E-state index in [-0.39, 0.29) is 34.4 Å². The van der Waals surface area contributed by atoms with Crippen LogP contribution in [0.2, 0.25) is 0 Å². The Kier molecular flexibility index (Phi) is 7.93. The van der Waals surface area contributed by atoms with Gasteiger partial charge in [0.1, 0.15) is 6.04 Å². The number of carbonyl (C=O) groups excluding carboxylic acids is 3. The predicted octanol–water partition coefficient (Wildman–Crippen LogP) is 4.76. The molecule has 7 atom stereocenters. The molecular weight excluding hydrogens is 614 g/mol. The minimum Gasteiger partial charge on any atom is -0.394 e. The highest BCUT2D eigenvalue weighted by Crippen LogP contribution is 2.68. The number of thioether (sulfide) groups is 1. The van der Waals surface area contributed by atoms with Crippen molar-refractivity contribution in [1.82, 2.24) is 10.2 Å². The van der Waals surface area contributed by atoms with Crippen molar-refractivity contribution in [3.63, 3.8) is 0 Å². The Bertz CT molecular complexity index is 1490. The number of para-hydroxylation sites is 1. The van der Waals surface area contributed by atoms with Crippen LogP contribution in [0.25, 0.3) is 0 Å². The number of aliphatic hydroxyl groups is 1. The fourth-order valence-electron chi connectivity index (χ4n) is 7.14. The van der Waals surface area contributed by atoms with Crippen LogP contribution < -0.4 is 10.6 Å². The van der Waals surface area contributed by atoms with Gasteiger partial charge in [0.15, 0.2) is 0 Å². The topological polar surface area (TPSA) is 98.7 Å². The van der Waals surface area contributed by atoms with E-state index in [1.54, 1.807) is 16.7 Å². The monoisotopic (exact) mass is 647 g/mol. The molecule has 218 valence electrons. The minimum atomic E-state index is -0.881. The largest absolute Gasteiger partial charge is 0.394 e. The number of rotatable bonds is 8. The number of carbonyl (C=O) groups is 3. The first-order valence-corrected chi connectivity index (χ1v) is 16.0. The number of fused-ring (bicyclic) bond motifs is 1. The molecular formula is C33H34BrN3O4S. The molecule has 3 heterocycles. The number of amides is 3. The lowest BCUT2D eigenvalue weighted by Crippen LogP contribution is -2.53. The highest BCUT2D eigenvalue weighted by molar-refractivity contribution is 9.09. The van der Waals surface area contributed by atoms with E-state index in [4.69, 9.17) is 0 Å². The van der Waals surface area contributed by atoms with Crippen LogP contribution in [0.4, 0.5) is 5.69 Å². The van der Waals surface area contributed by atoms with Crippen LogP contribution in [0.1, 0.15) is 34.7 Å². The van der Waals surface area contributed by atoms with Crippen LogP contribution in [-0.2, 0) is 20.9 Å². The third-order valence-corrected chi connectivity index (χ3v) is 12.2. The van der Waals surface area contributed by atoms with E-state index < -0.39 is 28.7 Å². The molecule has 3 aromatic carbocycles. The highest BCUT2D eigenvalue weighted by atomic mass is 79.9. The molecule has 1 spiro atoms. The molecule has 42 heavy (non-hydrogen) atoms. The summed E-state index contributed by atoms with van der Waals surface area (Å²) in [4.78, 5) is 44.4. The normalized spacial score (nSPS) is 28.4. The Labute approximate surface area is 258 Å². The van der Waals surface area contributed by atoms with Gasteiger partial charge in [-0.1, -0.05) is 94.8 Å². The summed E-state index contributed by atoms with van der Waals surface area (Å²) < 4.78 is -0.826. The maximum absolute atomic E-state index is 14.6. The molecule has 3 aromatic rings. The molecule has 3 aliphatic heterocycles. The van der Waals surface area contributed by atoms with Crippen LogP contribution in [0.3, 0.4) is 0 Å². The average molecular weight is 649 g/mol. The third kappa shape index (κ3) is 4.75. The van der Waals surface area contributed by atoms with Crippen molar-refractivity contribution in [3.8, 4) is 0 Å². The van der Waals surface area contributed by atoms with Gasteiger partial charge in [0, 0.05) is 22.3 Å². The lowest BCUT2D eigenvalue weighted by Gasteiger charge is -2.37. The van der Waals surface area contributed by atoms with Crippen molar-refractivity contribution >= 4 is 51.1 Å². The molecule has 3 unspecified atom stereocenters. The zero-order valence-electron chi connectivity index (χ0n) is 23.5. The second-order valence-corrected chi connectivity index (χ2v) is 14.2. The summed E-state index contributed by atoms with van der Waals surface area (Å²) in [6, 6.07) is 23.2. The molecule has 0 aliphatic carbocycles. The number of halogens is 1. The predicted molar refractivity (Wildman–Crippen MR) is 168 cm³/mol. The molecule has 0 aromatic heterocycles. The molecule has 3 N–H and O–H groups in total. The lowest BCUT2D eigenvalue weighted by molar-refractivity contribution is -0.142. The van der Waals surface area contributed by atoms with E-state index in [2.05, 4.69) is 26.6 Å². The number of hydrogen-bond acceptors (Lipinski definition) is 5. The zero-order valence-corrected chi connectivity index (χ0v) is 25.9. The average Bonchev–Trinajstić information content (AvgIpc) is 3.59. The summed E-state index contributed by atoms with van der Waals surface area (Å²) >= 11 is 5.41. The van der Waals surface area contributed by atoms with E-state index in [1.807, 2.05) is 92.7 Å². The fourth-order valence-corrected chi connectivity index (χ4v) is 10.7. The van der Waals surface area contributed by atoms with Gasteiger partial charge >= 0.3 is 0 Å². The van der Waals surface area contributed by atoms with Gasteiger partial charge in [-0.3, -0.25) is 14.4 Å². The van der Waals surface area contributed by atoms with E-state index in [1.165, 1.54) is 0 Å². The fraction of sp³-hybridized carbons (Fsp3) is 0.364. The maximum atomic E-state index is 14.6. The van der Waals surface area contributed by atoms with Crippen molar-refractivity contribution in [2.24, 2.45) is 11.8 Å². The third-order valence-electron chi connectivity index (χ3n) is 9.01. The summed E-state index contributed by atoms with van der Waals surface area (Å²) in [7, 11) is 0. The number of benzene rings is 3. The van der Waals surface area contributed by atoms with E-state index in [0.717, 1.165) is 27.9 Å². The Hall–Kier alpha value is -3.14. The second-order valence-electron chi connectivity index (χ2n) is 11.5. The summed E-state index contributed by atoms with van der Waals surface area (Å²) in [6.45, 7) is 3.90. The van der Waals surface area contributed by atoms with Crippen LogP contribution in [-0.4, -0.2) is 55.2 Å². The zero-order chi connectivity index (χ0) is 29.6. The number of nitrogens with zero attached hydrogens (tertiary/aromatic N) is 1. The molecule has 0 radical (unpaired) electrons.